The van der Waals surface area contributed by atoms with Crippen LogP contribution in [0, 0.1) is 25.5 Å². The van der Waals surface area contributed by atoms with Crippen molar-refractivity contribution in [1.29, 1.82) is 0 Å². The summed E-state index contributed by atoms with van der Waals surface area (Å²) >= 11 is 0. The van der Waals surface area contributed by atoms with Crippen molar-refractivity contribution in [3.8, 4) is 11.5 Å². The number of ether oxygens (including phenoxy) is 2. The summed E-state index contributed by atoms with van der Waals surface area (Å²) in [4.78, 5) is 0. The first-order chi connectivity index (χ1) is 15.4. The topological polar surface area (TPSA) is 18.5 Å². The van der Waals surface area contributed by atoms with E-state index >= 15 is 0 Å². The van der Waals surface area contributed by atoms with E-state index in [1.807, 2.05) is 39.0 Å². The molecule has 0 N–H and O–H groups in total. The van der Waals surface area contributed by atoms with Crippen LogP contribution in [0.25, 0.3) is 6.08 Å². The molecule has 0 unspecified atom stereocenters. The molecule has 0 fully saturated rings. The average Bonchev–Trinajstić information content (AvgIpc) is 2.79. The third kappa shape index (κ3) is 8.64. The van der Waals surface area contributed by atoms with Crippen molar-refractivity contribution in [3.63, 3.8) is 0 Å². The van der Waals surface area contributed by atoms with E-state index in [2.05, 4.69) is 19.9 Å². The van der Waals surface area contributed by atoms with Gasteiger partial charge in [0.25, 0.3) is 0 Å². The minimum absolute atomic E-state index is 0.198. The van der Waals surface area contributed by atoms with Gasteiger partial charge < -0.3 is 9.47 Å². The van der Waals surface area contributed by atoms with Crippen molar-refractivity contribution < 1.29 is 18.3 Å². The Balaban J connectivity index is 0.000000320. The molecule has 0 saturated heterocycles. The minimum Gasteiger partial charge on any atom is -0.491 e. The second-order valence-electron chi connectivity index (χ2n) is 7.77. The number of benzene rings is 2. The first kappa shape index (κ1) is 27.7. The number of hydrogen-bond donors (Lipinski definition) is 0. The van der Waals surface area contributed by atoms with Gasteiger partial charge in [0.05, 0.1) is 13.2 Å². The predicted molar refractivity (Wildman–Crippen MR) is 132 cm³/mol. The van der Waals surface area contributed by atoms with Crippen LogP contribution < -0.4 is 9.47 Å². The minimum atomic E-state index is -0.250. The zero-order chi connectivity index (χ0) is 23.9. The highest BCUT2D eigenvalue weighted by Crippen LogP contribution is 2.25. The van der Waals surface area contributed by atoms with Gasteiger partial charge in [-0.25, -0.2) is 8.78 Å². The van der Waals surface area contributed by atoms with Gasteiger partial charge in [-0.3, -0.25) is 0 Å². The lowest BCUT2D eigenvalue weighted by Crippen LogP contribution is -1.99. The first-order valence-electron chi connectivity index (χ1n) is 11.9. The third-order valence-corrected chi connectivity index (χ3v) is 5.26. The highest BCUT2D eigenvalue weighted by atomic mass is 19.1. The van der Waals surface area contributed by atoms with E-state index in [4.69, 9.17) is 9.47 Å². The molecular weight excluding hydrogens is 406 g/mol. The summed E-state index contributed by atoms with van der Waals surface area (Å²) in [7, 11) is 0. The van der Waals surface area contributed by atoms with Crippen molar-refractivity contribution >= 4 is 6.08 Å². The van der Waals surface area contributed by atoms with Crippen molar-refractivity contribution in [2.75, 3.05) is 13.2 Å². The molecule has 0 aromatic heterocycles. The molecule has 2 aromatic carbocycles. The molecule has 0 aliphatic rings. The maximum absolute atomic E-state index is 13.8. The van der Waals surface area contributed by atoms with E-state index in [0.29, 0.717) is 30.3 Å². The maximum Gasteiger partial charge on any atom is 0.168 e. The molecule has 0 spiro atoms. The largest absolute Gasteiger partial charge is 0.491 e. The molecule has 0 saturated carbocycles. The van der Waals surface area contributed by atoms with E-state index in [9.17, 15) is 8.78 Å². The molecule has 2 nitrogen and oxygen atoms in total. The fraction of sp³-hybridized carbons (Fsp3) is 0.500. The summed E-state index contributed by atoms with van der Waals surface area (Å²) in [5.41, 5.74) is 3.42. The van der Waals surface area contributed by atoms with Gasteiger partial charge in [-0.2, -0.15) is 0 Å². The summed E-state index contributed by atoms with van der Waals surface area (Å²) in [5.74, 6) is 0.267. The molecule has 178 valence electrons. The standard InChI is InChI=1S/C14H21FO.C14H19FO/c2*1-4-6-7-8-12-9-10-13(16-5-2)14(15)11(12)3/h9-10H,4-8H2,1-3H3;7-10H,4-6H2,1-3H3/b;8-7+. The lowest BCUT2D eigenvalue weighted by atomic mass is 10.0. The van der Waals surface area contributed by atoms with Gasteiger partial charge >= 0.3 is 0 Å². The Hall–Kier alpha value is -2.36. The zero-order valence-corrected chi connectivity index (χ0v) is 20.7. The van der Waals surface area contributed by atoms with Crippen molar-refractivity contribution in [2.24, 2.45) is 0 Å². The molecule has 4 heteroatoms. The molecular formula is C28H40F2O2. The van der Waals surface area contributed by atoms with Crippen LogP contribution in [0.15, 0.2) is 30.3 Å². The maximum atomic E-state index is 13.8. The number of unbranched alkanes of at least 4 members (excludes halogenated alkanes) is 3. The van der Waals surface area contributed by atoms with E-state index in [0.717, 1.165) is 42.4 Å². The Kier molecular flexibility index (Phi) is 13.4. The molecule has 32 heavy (non-hydrogen) atoms. The van der Waals surface area contributed by atoms with Crippen LogP contribution in [0.5, 0.6) is 11.5 Å². The Labute approximate surface area is 193 Å². The lowest BCUT2D eigenvalue weighted by molar-refractivity contribution is 0.320. The van der Waals surface area contributed by atoms with Crippen LogP contribution in [0.1, 0.15) is 82.1 Å². The van der Waals surface area contributed by atoms with Gasteiger partial charge in [-0.1, -0.05) is 57.4 Å². The predicted octanol–water partition coefficient (Wildman–Crippen LogP) is 8.61. The number of aryl methyl sites for hydroxylation is 1. The lowest BCUT2D eigenvalue weighted by Gasteiger charge is -2.11. The summed E-state index contributed by atoms with van der Waals surface area (Å²) in [6.45, 7) is 12.6. The molecule has 0 atom stereocenters. The van der Waals surface area contributed by atoms with E-state index in [-0.39, 0.29) is 11.6 Å². The number of hydrogen-bond acceptors (Lipinski definition) is 2. The van der Waals surface area contributed by atoms with E-state index < -0.39 is 0 Å². The summed E-state index contributed by atoms with van der Waals surface area (Å²) in [6.07, 6.45) is 10.7. The SMILES string of the molecule is CCC/C=C/c1ccc(OCC)c(F)c1C.CCCCCc1ccc(OCC)c(F)c1C. The molecule has 0 amide bonds. The van der Waals surface area contributed by atoms with Gasteiger partial charge in [0.2, 0.25) is 0 Å². The Morgan fingerprint density at radius 3 is 1.91 bits per heavy atom. The van der Waals surface area contributed by atoms with Gasteiger partial charge in [-0.15, -0.1) is 0 Å². The zero-order valence-electron chi connectivity index (χ0n) is 20.7. The first-order valence-corrected chi connectivity index (χ1v) is 11.9. The number of halogens is 2. The fourth-order valence-corrected chi connectivity index (χ4v) is 3.30. The Morgan fingerprint density at radius 2 is 1.34 bits per heavy atom. The van der Waals surface area contributed by atoms with Crippen molar-refractivity contribution in [2.45, 2.75) is 80.1 Å². The van der Waals surface area contributed by atoms with Crippen LogP contribution >= 0.6 is 0 Å². The molecule has 0 aliphatic carbocycles. The number of rotatable bonds is 11. The molecule has 2 rings (SSSR count). The number of allylic oxidation sites excluding steroid dienone is 1. The van der Waals surface area contributed by atoms with Crippen LogP contribution in [0.2, 0.25) is 0 Å². The second-order valence-corrected chi connectivity index (χ2v) is 7.77. The highest BCUT2D eigenvalue weighted by molar-refractivity contribution is 5.55. The fourth-order valence-electron chi connectivity index (χ4n) is 3.30. The molecule has 0 heterocycles. The van der Waals surface area contributed by atoms with Gasteiger partial charge in [0.1, 0.15) is 0 Å². The van der Waals surface area contributed by atoms with Gasteiger partial charge in [0, 0.05) is 0 Å². The van der Waals surface area contributed by atoms with Crippen molar-refractivity contribution in [3.05, 3.63) is 64.2 Å². The third-order valence-electron chi connectivity index (χ3n) is 5.26. The van der Waals surface area contributed by atoms with E-state index in [1.54, 1.807) is 19.1 Å². The molecule has 0 aliphatic heterocycles. The smallest absolute Gasteiger partial charge is 0.168 e. The Bertz CT molecular complexity index is 844. The van der Waals surface area contributed by atoms with Crippen LogP contribution in [-0.4, -0.2) is 13.2 Å². The summed E-state index contributed by atoms with van der Waals surface area (Å²) < 4.78 is 38.1. The summed E-state index contributed by atoms with van der Waals surface area (Å²) in [6, 6.07) is 7.32. The van der Waals surface area contributed by atoms with Crippen LogP contribution in [-0.2, 0) is 6.42 Å². The highest BCUT2D eigenvalue weighted by Gasteiger charge is 2.10. The molecule has 2 aromatic rings. The Morgan fingerprint density at radius 1 is 0.750 bits per heavy atom. The van der Waals surface area contributed by atoms with Crippen molar-refractivity contribution in [1.82, 2.24) is 0 Å². The normalized spacial score (nSPS) is 10.8. The van der Waals surface area contributed by atoms with E-state index in [1.165, 1.54) is 12.8 Å². The molecule has 0 bridgehead atoms. The quantitative estimate of drug-likeness (QED) is 0.322. The average molecular weight is 447 g/mol. The monoisotopic (exact) mass is 446 g/mol. The van der Waals surface area contributed by atoms with Crippen LogP contribution in [0.4, 0.5) is 8.78 Å². The van der Waals surface area contributed by atoms with Crippen LogP contribution in [0.3, 0.4) is 0 Å². The molecule has 0 radical (unpaired) electrons. The second kappa shape index (κ2) is 15.4. The summed E-state index contributed by atoms with van der Waals surface area (Å²) in [5, 5.41) is 0. The van der Waals surface area contributed by atoms with Gasteiger partial charge in [-0.05, 0) is 81.3 Å². The van der Waals surface area contributed by atoms with Gasteiger partial charge in [0.15, 0.2) is 23.1 Å².